The third kappa shape index (κ3) is 3.07. The number of aryl methyl sites for hydroxylation is 1. The molecule has 0 radical (unpaired) electrons. The SMILES string of the molecule is CC(CO)CCc1ccc(F)cc1F. The fourth-order valence-electron chi connectivity index (χ4n) is 1.22. The minimum Gasteiger partial charge on any atom is -0.396 e. The summed E-state index contributed by atoms with van der Waals surface area (Å²) in [5, 5.41) is 8.77. The molecule has 0 saturated heterocycles. The van der Waals surface area contributed by atoms with E-state index in [1.807, 2.05) is 6.92 Å². The predicted molar refractivity (Wildman–Crippen MR) is 50.9 cm³/mol. The van der Waals surface area contributed by atoms with Crippen LogP contribution in [0.3, 0.4) is 0 Å². The molecule has 3 heteroatoms. The molecule has 0 amide bonds. The standard InChI is InChI=1S/C11H14F2O/c1-8(7-14)2-3-9-4-5-10(12)6-11(9)13/h4-6,8,14H,2-3,7H2,1H3. The molecule has 1 aromatic rings. The largest absolute Gasteiger partial charge is 0.396 e. The minimum absolute atomic E-state index is 0.100. The van der Waals surface area contributed by atoms with E-state index in [1.165, 1.54) is 12.1 Å². The molecule has 1 rings (SSSR count). The molecule has 0 heterocycles. The van der Waals surface area contributed by atoms with Crippen molar-refractivity contribution in [2.24, 2.45) is 5.92 Å². The highest BCUT2D eigenvalue weighted by Gasteiger charge is 2.06. The molecule has 0 spiro atoms. The lowest BCUT2D eigenvalue weighted by Crippen LogP contribution is -2.03. The summed E-state index contributed by atoms with van der Waals surface area (Å²) in [6, 6.07) is 3.59. The molecule has 0 bridgehead atoms. The summed E-state index contributed by atoms with van der Waals surface area (Å²) < 4.78 is 25.6. The maximum Gasteiger partial charge on any atom is 0.129 e. The third-order valence-electron chi connectivity index (χ3n) is 2.23. The molecule has 0 aromatic heterocycles. The topological polar surface area (TPSA) is 20.2 Å². The maximum atomic E-state index is 13.1. The lowest BCUT2D eigenvalue weighted by atomic mass is 10.0. The zero-order valence-electron chi connectivity index (χ0n) is 8.13. The summed E-state index contributed by atoms with van der Waals surface area (Å²) >= 11 is 0. The average Bonchev–Trinajstić information content (AvgIpc) is 2.16. The Kier molecular flexibility index (Phi) is 4.01. The number of rotatable bonds is 4. The van der Waals surface area contributed by atoms with E-state index in [0.29, 0.717) is 18.4 Å². The molecule has 0 aliphatic heterocycles. The van der Waals surface area contributed by atoms with Crippen molar-refractivity contribution >= 4 is 0 Å². The lowest BCUT2D eigenvalue weighted by molar-refractivity contribution is 0.230. The summed E-state index contributed by atoms with van der Waals surface area (Å²) in [5.41, 5.74) is 0.506. The van der Waals surface area contributed by atoms with Gasteiger partial charge in [-0.05, 0) is 30.4 Å². The highest BCUT2D eigenvalue weighted by atomic mass is 19.1. The van der Waals surface area contributed by atoms with Gasteiger partial charge in [-0.2, -0.15) is 0 Å². The number of hydrogen-bond acceptors (Lipinski definition) is 1. The van der Waals surface area contributed by atoms with Gasteiger partial charge in [0.05, 0.1) is 0 Å². The normalized spacial score (nSPS) is 12.9. The first-order valence-corrected chi connectivity index (χ1v) is 4.68. The monoisotopic (exact) mass is 200 g/mol. The van der Waals surface area contributed by atoms with Crippen LogP contribution in [0.5, 0.6) is 0 Å². The van der Waals surface area contributed by atoms with Crippen molar-refractivity contribution in [1.82, 2.24) is 0 Å². The van der Waals surface area contributed by atoms with E-state index < -0.39 is 11.6 Å². The quantitative estimate of drug-likeness (QED) is 0.791. The summed E-state index contributed by atoms with van der Waals surface area (Å²) in [6.45, 7) is 1.99. The molecule has 0 saturated carbocycles. The highest BCUT2D eigenvalue weighted by Crippen LogP contribution is 2.14. The Morgan fingerprint density at radius 3 is 2.64 bits per heavy atom. The van der Waals surface area contributed by atoms with Crippen LogP contribution in [0.2, 0.25) is 0 Å². The second kappa shape index (κ2) is 5.05. The van der Waals surface area contributed by atoms with Gasteiger partial charge in [0.1, 0.15) is 11.6 Å². The average molecular weight is 200 g/mol. The van der Waals surface area contributed by atoms with Crippen molar-refractivity contribution < 1.29 is 13.9 Å². The Morgan fingerprint density at radius 1 is 1.36 bits per heavy atom. The van der Waals surface area contributed by atoms with Crippen LogP contribution in [0.4, 0.5) is 8.78 Å². The molecule has 1 atom stereocenters. The van der Waals surface area contributed by atoms with E-state index in [0.717, 1.165) is 6.07 Å². The van der Waals surface area contributed by atoms with E-state index in [2.05, 4.69) is 0 Å². The van der Waals surface area contributed by atoms with Crippen LogP contribution in [0.15, 0.2) is 18.2 Å². The molecule has 1 nitrogen and oxygen atoms in total. The third-order valence-corrected chi connectivity index (χ3v) is 2.23. The summed E-state index contributed by atoms with van der Waals surface area (Å²) in [4.78, 5) is 0. The number of benzene rings is 1. The number of aliphatic hydroxyl groups excluding tert-OH is 1. The Hall–Kier alpha value is -0.960. The molecule has 1 N–H and O–H groups in total. The zero-order valence-corrected chi connectivity index (χ0v) is 8.13. The van der Waals surface area contributed by atoms with Crippen LogP contribution in [0.25, 0.3) is 0 Å². The zero-order chi connectivity index (χ0) is 10.6. The molecule has 0 aliphatic rings. The van der Waals surface area contributed by atoms with Crippen molar-refractivity contribution in [2.75, 3.05) is 6.61 Å². The molecule has 78 valence electrons. The van der Waals surface area contributed by atoms with Crippen LogP contribution >= 0.6 is 0 Å². The van der Waals surface area contributed by atoms with E-state index in [9.17, 15) is 8.78 Å². The number of hydrogen-bond donors (Lipinski definition) is 1. The molecule has 1 aromatic carbocycles. The first-order valence-electron chi connectivity index (χ1n) is 4.68. The summed E-state index contributed by atoms with van der Waals surface area (Å²) in [5.74, 6) is -0.906. The van der Waals surface area contributed by atoms with Gasteiger partial charge in [-0.3, -0.25) is 0 Å². The summed E-state index contributed by atoms with van der Waals surface area (Å²) in [6.07, 6.45) is 1.24. The first-order chi connectivity index (χ1) is 6.63. The van der Waals surface area contributed by atoms with E-state index in [4.69, 9.17) is 5.11 Å². The van der Waals surface area contributed by atoms with E-state index in [1.54, 1.807) is 0 Å². The maximum absolute atomic E-state index is 13.1. The fourth-order valence-corrected chi connectivity index (χ4v) is 1.22. The van der Waals surface area contributed by atoms with Gasteiger partial charge in [0.2, 0.25) is 0 Å². The van der Waals surface area contributed by atoms with Gasteiger partial charge >= 0.3 is 0 Å². The van der Waals surface area contributed by atoms with Gasteiger partial charge in [-0.1, -0.05) is 13.0 Å². The number of halogens is 2. The van der Waals surface area contributed by atoms with Crippen molar-refractivity contribution in [3.05, 3.63) is 35.4 Å². The van der Waals surface area contributed by atoms with Crippen LogP contribution in [-0.2, 0) is 6.42 Å². The highest BCUT2D eigenvalue weighted by molar-refractivity contribution is 5.18. The van der Waals surface area contributed by atoms with Gasteiger partial charge < -0.3 is 5.11 Å². The van der Waals surface area contributed by atoms with Crippen molar-refractivity contribution in [2.45, 2.75) is 19.8 Å². The lowest BCUT2D eigenvalue weighted by Gasteiger charge is -2.07. The van der Waals surface area contributed by atoms with Gasteiger partial charge in [0.15, 0.2) is 0 Å². The Balaban J connectivity index is 2.59. The molecule has 14 heavy (non-hydrogen) atoms. The number of aliphatic hydroxyl groups is 1. The summed E-state index contributed by atoms with van der Waals surface area (Å²) in [7, 11) is 0. The van der Waals surface area contributed by atoms with Crippen LogP contribution < -0.4 is 0 Å². The smallest absolute Gasteiger partial charge is 0.129 e. The van der Waals surface area contributed by atoms with Crippen molar-refractivity contribution in [1.29, 1.82) is 0 Å². The van der Waals surface area contributed by atoms with Crippen molar-refractivity contribution in [3.63, 3.8) is 0 Å². The molecule has 0 fully saturated rings. The Labute approximate surface area is 82.4 Å². The molecule has 0 aliphatic carbocycles. The van der Waals surface area contributed by atoms with Crippen LogP contribution in [0, 0.1) is 17.6 Å². The van der Waals surface area contributed by atoms with Gasteiger partial charge in [0.25, 0.3) is 0 Å². The molecular weight excluding hydrogens is 186 g/mol. The van der Waals surface area contributed by atoms with E-state index >= 15 is 0 Å². The Bertz CT molecular complexity index is 299. The van der Waals surface area contributed by atoms with Crippen LogP contribution in [0.1, 0.15) is 18.9 Å². The molecular formula is C11H14F2O. The van der Waals surface area contributed by atoms with Gasteiger partial charge in [0, 0.05) is 12.7 Å². The Morgan fingerprint density at radius 2 is 2.07 bits per heavy atom. The fraction of sp³-hybridized carbons (Fsp3) is 0.455. The second-order valence-electron chi connectivity index (χ2n) is 3.56. The first kappa shape index (κ1) is 11.1. The predicted octanol–water partition coefficient (Wildman–Crippen LogP) is 2.53. The molecule has 1 unspecified atom stereocenters. The van der Waals surface area contributed by atoms with Gasteiger partial charge in [-0.15, -0.1) is 0 Å². The van der Waals surface area contributed by atoms with E-state index in [-0.39, 0.29) is 12.5 Å². The second-order valence-corrected chi connectivity index (χ2v) is 3.56. The van der Waals surface area contributed by atoms with Gasteiger partial charge in [-0.25, -0.2) is 8.78 Å². The van der Waals surface area contributed by atoms with Crippen molar-refractivity contribution in [3.8, 4) is 0 Å². The minimum atomic E-state index is -0.554. The van der Waals surface area contributed by atoms with Crippen LogP contribution in [-0.4, -0.2) is 11.7 Å².